The van der Waals surface area contributed by atoms with Gasteiger partial charge < -0.3 is 24.7 Å². The van der Waals surface area contributed by atoms with Crippen molar-refractivity contribution in [1.82, 2.24) is 14.9 Å². The predicted octanol–water partition coefficient (Wildman–Crippen LogP) is 1.78. The summed E-state index contributed by atoms with van der Waals surface area (Å²) in [5.74, 6) is 2.57. The number of nitrogen functional groups attached to an aromatic ring is 1. The summed E-state index contributed by atoms with van der Waals surface area (Å²) in [6.45, 7) is 6.99. The molecule has 1 amide bonds. The summed E-state index contributed by atoms with van der Waals surface area (Å²) in [4.78, 5) is 25.6. The van der Waals surface area contributed by atoms with E-state index in [1.54, 1.807) is 12.3 Å². The second-order valence-electron chi connectivity index (χ2n) is 7.35. The molecule has 0 unspecified atom stereocenters. The highest BCUT2D eigenvalue weighted by Crippen LogP contribution is 2.32. The molecule has 2 saturated heterocycles. The molecule has 144 valence electrons. The smallest absolute Gasteiger partial charge is 0.257 e. The van der Waals surface area contributed by atoms with Crippen LogP contribution in [0.5, 0.6) is 0 Å². The van der Waals surface area contributed by atoms with Crippen LogP contribution in [0.15, 0.2) is 22.7 Å². The topological polar surface area (TPSA) is 97.7 Å². The van der Waals surface area contributed by atoms with E-state index in [0.29, 0.717) is 42.8 Å². The minimum atomic E-state index is -0.308. The summed E-state index contributed by atoms with van der Waals surface area (Å²) in [6.07, 6.45) is 3.31. The maximum Gasteiger partial charge on any atom is 0.257 e. The number of morpholine rings is 1. The maximum atomic E-state index is 12.9. The van der Waals surface area contributed by atoms with E-state index in [4.69, 9.17) is 14.9 Å². The van der Waals surface area contributed by atoms with E-state index in [1.165, 1.54) is 0 Å². The fourth-order valence-electron chi connectivity index (χ4n) is 3.96. The van der Waals surface area contributed by atoms with Gasteiger partial charge in [-0.25, -0.2) is 4.98 Å². The zero-order chi connectivity index (χ0) is 19.0. The van der Waals surface area contributed by atoms with Gasteiger partial charge in [0.05, 0.1) is 24.3 Å². The monoisotopic (exact) mass is 371 g/mol. The third-order valence-electron chi connectivity index (χ3n) is 5.43. The van der Waals surface area contributed by atoms with Crippen LogP contribution in [0.2, 0.25) is 0 Å². The van der Waals surface area contributed by atoms with Crippen molar-refractivity contribution in [3.8, 4) is 0 Å². The summed E-state index contributed by atoms with van der Waals surface area (Å²) >= 11 is 0. The van der Waals surface area contributed by atoms with Gasteiger partial charge in [-0.1, -0.05) is 0 Å². The highest BCUT2D eigenvalue weighted by Gasteiger charge is 2.42. The maximum absolute atomic E-state index is 12.9. The van der Waals surface area contributed by atoms with Crippen LogP contribution in [0.1, 0.15) is 34.7 Å². The first kappa shape index (κ1) is 17.8. The molecule has 0 radical (unpaired) electrons. The van der Waals surface area contributed by atoms with Gasteiger partial charge in [-0.3, -0.25) is 4.79 Å². The van der Waals surface area contributed by atoms with Crippen molar-refractivity contribution in [3.63, 3.8) is 0 Å². The number of carbonyl (C=O) groups is 1. The Morgan fingerprint density at radius 2 is 2.04 bits per heavy atom. The van der Waals surface area contributed by atoms with Crippen molar-refractivity contribution in [2.75, 3.05) is 43.4 Å². The number of carbonyl (C=O) groups excluding carboxylic acids is 1. The SMILES string of the molecule is Cc1cc(C(=O)N2CCOC3(CCN(c4nccc(N)n4)CC3)C2)c(C)o1. The molecule has 2 aromatic heterocycles. The molecular formula is C19H25N5O3. The zero-order valence-corrected chi connectivity index (χ0v) is 15.8. The van der Waals surface area contributed by atoms with Crippen LogP contribution in [0, 0.1) is 13.8 Å². The summed E-state index contributed by atoms with van der Waals surface area (Å²) in [5, 5.41) is 0. The lowest BCUT2D eigenvalue weighted by Crippen LogP contribution is -2.58. The lowest BCUT2D eigenvalue weighted by atomic mass is 9.89. The first-order chi connectivity index (χ1) is 13.0. The molecule has 4 rings (SSSR count). The number of anilines is 2. The molecule has 2 aromatic rings. The molecule has 8 nitrogen and oxygen atoms in total. The Balaban J connectivity index is 1.44. The van der Waals surface area contributed by atoms with Gasteiger partial charge in [0.2, 0.25) is 5.95 Å². The van der Waals surface area contributed by atoms with E-state index in [0.717, 1.165) is 31.7 Å². The molecule has 0 aliphatic carbocycles. The third-order valence-corrected chi connectivity index (χ3v) is 5.43. The minimum absolute atomic E-state index is 0.0219. The highest BCUT2D eigenvalue weighted by molar-refractivity contribution is 5.95. The summed E-state index contributed by atoms with van der Waals surface area (Å²) in [7, 11) is 0. The molecule has 2 fully saturated rings. The van der Waals surface area contributed by atoms with Crippen molar-refractivity contribution in [2.45, 2.75) is 32.3 Å². The van der Waals surface area contributed by atoms with Crippen LogP contribution in [-0.2, 0) is 4.74 Å². The van der Waals surface area contributed by atoms with E-state index >= 15 is 0 Å². The number of rotatable bonds is 2. The second-order valence-corrected chi connectivity index (χ2v) is 7.35. The number of nitrogens with zero attached hydrogens (tertiary/aromatic N) is 4. The first-order valence-corrected chi connectivity index (χ1v) is 9.30. The number of aryl methyl sites for hydroxylation is 2. The minimum Gasteiger partial charge on any atom is -0.466 e. The Hall–Kier alpha value is -2.61. The fraction of sp³-hybridized carbons (Fsp3) is 0.526. The summed E-state index contributed by atoms with van der Waals surface area (Å²) in [6, 6.07) is 3.50. The van der Waals surface area contributed by atoms with Crippen molar-refractivity contribution in [1.29, 1.82) is 0 Å². The lowest BCUT2D eigenvalue weighted by Gasteiger charge is -2.47. The van der Waals surface area contributed by atoms with E-state index < -0.39 is 0 Å². The van der Waals surface area contributed by atoms with Crippen molar-refractivity contribution in [2.24, 2.45) is 0 Å². The average Bonchev–Trinajstić information content (AvgIpc) is 3.00. The van der Waals surface area contributed by atoms with E-state index in [2.05, 4.69) is 14.9 Å². The zero-order valence-electron chi connectivity index (χ0n) is 15.8. The highest BCUT2D eigenvalue weighted by atomic mass is 16.5. The number of hydrogen-bond acceptors (Lipinski definition) is 7. The van der Waals surface area contributed by atoms with Gasteiger partial charge in [0, 0.05) is 25.8 Å². The van der Waals surface area contributed by atoms with Gasteiger partial charge in [-0.05, 0) is 38.8 Å². The molecular weight excluding hydrogens is 346 g/mol. The van der Waals surface area contributed by atoms with Gasteiger partial charge >= 0.3 is 0 Å². The van der Waals surface area contributed by atoms with Crippen molar-refractivity contribution < 1.29 is 13.9 Å². The van der Waals surface area contributed by atoms with Gasteiger partial charge in [-0.2, -0.15) is 4.98 Å². The largest absolute Gasteiger partial charge is 0.466 e. The van der Waals surface area contributed by atoms with E-state index in [-0.39, 0.29) is 11.5 Å². The average molecular weight is 371 g/mol. The quantitative estimate of drug-likeness (QED) is 0.859. The predicted molar refractivity (Wildman–Crippen MR) is 101 cm³/mol. The molecule has 0 bridgehead atoms. The Morgan fingerprint density at radius 3 is 2.70 bits per heavy atom. The van der Waals surface area contributed by atoms with E-state index in [9.17, 15) is 4.79 Å². The van der Waals surface area contributed by atoms with Crippen LogP contribution in [0.4, 0.5) is 11.8 Å². The Bertz CT molecular complexity index is 842. The molecule has 1 spiro atoms. The Kier molecular flexibility index (Phi) is 4.51. The molecule has 2 aliphatic heterocycles. The number of ether oxygens (including phenoxy) is 1. The number of furan rings is 1. The number of nitrogens with two attached hydrogens (primary N) is 1. The standard InChI is InChI=1S/C19H25N5O3/c1-13-11-15(14(2)27-13)17(25)24-9-10-26-19(12-24)4-7-23(8-5-19)18-21-6-3-16(20)22-18/h3,6,11H,4-5,7-10,12H2,1-2H3,(H2,20,21,22). The Morgan fingerprint density at radius 1 is 1.26 bits per heavy atom. The molecule has 0 aromatic carbocycles. The number of aromatic nitrogens is 2. The van der Waals surface area contributed by atoms with Gasteiger partial charge in [-0.15, -0.1) is 0 Å². The molecule has 0 saturated carbocycles. The van der Waals surface area contributed by atoms with Crippen LogP contribution in [-0.4, -0.2) is 59.2 Å². The van der Waals surface area contributed by atoms with Crippen LogP contribution >= 0.6 is 0 Å². The number of piperidine rings is 1. The molecule has 2 aliphatic rings. The molecule has 2 N–H and O–H groups in total. The Labute approximate surface area is 158 Å². The summed E-state index contributed by atoms with van der Waals surface area (Å²) < 4.78 is 11.7. The number of amides is 1. The van der Waals surface area contributed by atoms with Gasteiger partial charge in [0.25, 0.3) is 5.91 Å². The van der Waals surface area contributed by atoms with Gasteiger partial charge in [0.15, 0.2) is 0 Å². The first-order valence-electron chi connectivity index (χ1n) is 9.30. The van der Waals surface area contributed by atoms with Crippen molar-refractivity contribution >= 4 is 17.7 Å². The molecule has 0 atom stereocenters. The van der Waals surface area contributed by atoms with Crippen molar-refractivity contribution in [3.05, 3.63) is 35.4 Å². The second kappa shape index (κ2) is 6.84. The van der Waals surface area contributed by atoms with Gasteiger partial charge in [0.1, 0.15) is 17.3 Å². The number of hydrogen-bond donors (Lipinski definition) is 1. The van der Waals surface area contributed by atoms with Crippen LogP contribution < -0.4 is 10.6 Å². The van der Waals surface area contributed by atoms with E-state index in [1.807, 2.05) is 24.8 Å². The lowest BCUT2D eigenvalue weighted by molar-refractivity contribution is -0.111. The van der Waals surface area contributed by atoms with Crippen LogP contribution in [0.25, 0.3) is 0 Å². The molecule has 27 heavy (non-hydrogen) atoms. The third kappa shape index (κ3) is 3.49. The molecule has 4 heterocycles. The van der Waals surface area contributed by atoms with Crippen LogP contribution in [0.3, 0.4) is 0 Å². The summed E-state index contributed by atoms with van der Waals surface area (Å²) in [5.41, 5.74) is 6.11. The molecule has 8 heteroatoms. The fourth-order valence-corrected chi connectivity index (χ4v) is 3.96. The normalized spacial score (nSPS) is 19.5.